The topological polar surface area (TPSA) is 58.2 Å². The third-order valence-corrected chi connectivity index (χ3v) is 4.76. The highest BCUT2D eigenvalue weighted by atomic mass is 79.9. The van der Waals surface area contributed by atoms with Crippen LogP contribution in [0.2, 0.25) is 0 Å². The van der Waals surface area contributed by atoms with Crippen LogP contribution in [0, 0.1) is 17.8 Å². The van der Waals surface area contributed by atoms with Crippen molar-refractivity contribution >= 4 is 22.0 Å². The average Bonchev–Trinajstić information content (AvgIpc) is 3.19. The Morgan fingerprint density at radius 2 is 2.00 bits per heavy atom. The van der Waals surface area contributed by atoms with Gasteiger partial charge in [-0.05, 0) is 63.3 Å². The number of H-pyrrole nitrogens is 1. The first kappa shape index (κ1) is 19.5. The lowest BCUT2D eigenvalue weighted by molar-refractivity contribution is 0.0214. The zero-order valence-corrected chi connectivity index (χ0v) is 17.6. The van der Waals surface area contributed by atoms with Crippen molar-refractivity contribution in [3.8, 4) is 11.8 Å². The normalized spacial score (nSPS) is 19.5. The van der Waals surface area contributed by atoms with Crippen molar-refractivity contribution in [2.24, 2.45) is 5.92 Å². The SMILES string of the molecule is CC1CC(c2ncc(C#Cc3ccc(Br)cc3)[nH]2)N(C(=O)OC(C)(C)C)C1. The number of carbonyl (C=O) groups excluding carboxylic acids is 1. The summed E-state index contributed by atoms with van der Waals surface area (Å²) in [5, 5.41) is 0. The Bertz CT molecular complexity index is 871. The molecule has 0 saturated carbocycles. The van der Waals surface area contributed by atoms with E-state index in [0.717, 1.165) is 28.0 Å². The van der Waals surface area contributed by atoms with E-state index in [1.165, 1.54) is 0 Å². The number of ether oxygens (including phenoxy) is 1. The molecule has 0 radical (unpaired) electrons. The number of halogens is 1. The summed E-state index contributed by atoms with van der Waals surface area (Å²) in [7, 11) is 0. The highest BCUT2D eigenvalue weighted by Gasteiger charge is 2.38. The standard InChI is InChI=1S/C21H24BrN3O2/c1-14-11-18(25(13-14)20(26)27-21(2,3)4)19-23-12-17(24-19)10-7-15-5-8-16(22)9-6-15/h5-6,8-9,12,14,18H,11,13H2,1-4H3,(H,23,24). The lowest BCUT2D eigenvalue weighted by Crippen LogP contribution is -2.37. The Hall–Kier alpha value is -2.26. The fraction of sp³-hybridized carbons (Fsp3) is 0.429. The van der Waals surface area contributed by atoms with Crippen molar-refractivity contribution in [2.75, 3.05) is 6.54 Å². The summed E-state index contributed by atoms with van der Waals surface area (Å²) in [6.07, 6.45) is 2.28. The van der Waals surface area contributed by atoms with E-state index < -0.39 is 5.60 Å². The van der Waals surface area contributed by atoms with Gasteiger partial charge in [-0.25, -0.2) is 9.78 Å². The molecular formula is C21H24BrN3O2. The number of aromatic amines is 1. The van der Waals surface area contributed by atoms with Crippen molar-refractivity contribution in [3.05, 3.63) is 52.0 Å². The molecule has 3 rings (SSSR count). The summed E-state index contributed by atoms with van der Waals surface area (Å²) in [5.41, 5.74) is 1.15. The van der Waals surface area contributed by atoms with E-state index in [1.807, 2.05) is 45.0 Å². The Morgan fingerprint density at radius 3 is 2.67 bits per heavy atom. The fourth-order valence-electron chi connectivity index (χ4n) is 3.07. The van der Waals surface area contributed by atoms with E-state index in [4.69, 9.17) is 4.74 Å². The molecule has 0 spiro atoms. The maximum Gasteiger partial charge on any atom is 0.410 e. The molecule has 6 heteroatoms. The second-order valence-corrected chi connectivity index (χ2v) is 8.84. The zero-order valence-electron chi connectivity index (χ0n) is 16.0. The molecule has 142 valence electrons. The third-order valence-electron chi connectivity index (χ3n) is 4.24. The number of carbonyl (C=O) groups is 1. The van der Waals surface area contributed by atoms with Gasteiger partial charge in [-0.15, -0.1) is 0 Å². The molecule has 0 aliphatic carbocycles. The quantitative estimate of drug-likeness (QED) is 0.656. The monoisotopic (exact) mass is 429 g/mol. The Labute approximate surface area is 168 Å². The smallest absolute Gasteiger partial charge is 0.410 e. The number of imidazole rings is 1. The minimum absolute atomic E-state index is 0.113. The number of hydrogen-bond donors (Lipinski definition) is 1. The molecule has 1 aliphatic rings. The van der Waals surface area contributed by atoms with Crippen LogP contribution in [0.15, 0.2) is 34.9 Å². The van der Waals surface area contributed by atoms with Crippen molar-refractivity contribution in [1.82, 2.24) is 14.9 Å². The van der Waals surface area contributed by atoms with Gasteiger partial charge in [-0.1, -0.05) is 28.8 Å². The number of amides is 1. The summed E-state index contributed by atoms with van der Waals surface area (Å²) in [6, 6.07) is 7.72. The fourth-order valence-corrected chi connectivity index (χ4v) is 3.33. The van der Waals surface area contributed by atoms with Gasteiger partial charge in [0.05, 0.1) is 12.2 Å². The van der Waals surface area contributed by atoms with Crippen molar-refractivity contribution in [2.45, 2.75) is 45.8 Å². The van der Waals surface area contributed by atoms with Gasteiger partial charge in [0, 0.05) is 16.6 Å². The van der Waals surface area contributed by atoms with E-state index in [1.54, 1.807) is 11.1 Å². The predicted molar refractivity (Wildman–Crippen MR) is 108 cm³/mol. The van der Waals surface area contributed by atoms with Crippen LogP contribution < -0.4 is 0 Å². The molecular weight excluding hydrogens is 406 g/mol. The maximum atomic E-state index is 12.6. The molecule has 1 N–H and O–H groups in total. The van der Waals surface area contributed by atoms with Gasteiger partial charge in [-0.2, -0.15) is 0 Å². The van der Waals surface area contributed by atoms with Gasteiger partial charge in [0.15, 0.2) is 0 Å². The molecule has 0 bridgehead atoms. The average molecular weight is 430 g/mol. The number of rotatable bonds is 1. The number of nitrogens with one attached hydrogen (secondary N) is 1. The molecule has 1 amide bonds. The number of benzene rings is 1. The van der Waals surface area contributed by atoms with E-state index >= 15 is 0 Å². The number of hydrogen-bond acceptors (Lipinski definition) is 3. The second kappa shape index (κ2) is 7.77. The number of likely N-dealkylation sites (tertiary alicyclic amines) is 1. The van der Waals surface area contributed by atoms with Gasteiger partial charge in [-0.3, -0.25) is 4.90 Å². The summed E-state index contributed by atoms with van der Waals surface area (Å²) >= 11 is 3.42. The van der Waals surface area contributed by atoms with Crippen molar-refractivity contribution < 1.29 is 9.53 Å². The van der Waals surface area contributed by atoms with E-state index in [9.17, 15) is 4.79 Å². The minimum atomic E-state index is -0.516. The number of nitrogens with zero attached hydrogens (tertiary/aromatic N) is 2. The highest BCUT2D eigenvalue weighted by molar-refractivity contribution is 9.10. The van der Waals surface area contributed by atoms with Crippen LogP contribution in [0.1, 0.15) is 57.2 Å². The van der Waals surface area contributed by atoms with Crippen LogP contribution in [-0.2, 0) is 4.74 Å². The predicted octanol–water partition coefficient (Wildman–Crippen LogP) is 4.89. The van der Waals surface area contributed by atoms with Crippen LogP contribution in [0.25, 0.3) is 0 Å². The van der Waals surface area contributed by atoms with Crippen LogP contribution in [0.5, 0.6) is 0 Å². The minimum Gasteiger partial charge on any atom is -0.444 e. The lowest BCUT2D eigenvalue weighted by Gasteiger charge is -2.27. The summed E-state index contributed by atoms with van der Waals surface area (Å²) < 4.78 is 6.58. The molecule has 2 aromatic rings. The maximum absolute atomic E-state index is 12.6. The van der Waals surface area contributed by atoms with Crippen LogP contribution in [-0.4, -0.2) is 33.1 Å². The molecule has 1 aliphatic heterocycles. The summed E-state index contributed by atoms with van der Waals surface area (Å²) in [4.78, 5) is 22.1. The molecule has 1 fully saturated rings. The Kier molecular flexibility index (Phi) is 5.61. The van der Waals surface area contributed by atoms with Gasteiger partial charge in [0.25, 0.3) is 0 Å². The molecule has 1 saturated heterocycles. The zero-order chi connectivity index (χ0) is 19.6. The van der Waals surface area contributed by atoms with Gasteiger partial charge in [0.2, 0.25) is 0 Å². The third kappa shape index (κ3) is 5.14. The Morgan fingerprint density at radius 1 is 1.30 bits per heavy atom. The molecule has 1 aromatic heterocycles. The largest absolute Gasteiger partial charge is 0.444 e. The highest BCUT2D eigenvalue weighted by Crippen LogP contribution is 2.34. The molecule has 27 heavy (non-hydrogen) atoms. The van der Waals surface area contributed by atoms with Crippen molar-refractivity contribution in [1.29, 1.82) is 0 Å². The first-order valence-electron chi connectivity index (χ1n) is 9.03. The molecule has 2 atom stereocenters. The van der Waals surface area contributed by atoms with Gasteiger partial charge >= 0.3 is 6.09 Å². The molecule has 1 aromatic carbocycles. The first-order valence-corrected chi connectivity index (χ1v) is 9.83. The molecule has 2 heterocycles. The summed E-state index contributed by atoms with van der Waals surface area (Å²) in [6.45, 7) is 8.43. The Balaban J connectivity index is 1.76. The van der Waals surface area contributed by atoms with E-state index in [-0.39, 0.29) is 12.1 Å². The number of aromatic nitrogens is 2. The van der Waals surface area contributed by atoms with E-state index in [0.29, 0.717) is 12.5 Å². The van der Waals surface area contributed by atoms with Crippen LogP contribution in [0.4, 0.5) is 4.79 Å². The van der Waals surface area contributed by atoms with Crippen LogP contribution >= 0.6 is 15.9 Å². The van der Waals surface area contributed by atoms with Crippen LogP contribution in [0.3, 0.4) is 0 Å². The molecule has 5 nitrogen and oxygen atoms in total. The molecule has 2 unspecified atom stereocenters. The van der Waals surface area contributed by atoms with Crippen molar-refractivity contribution in [3.63, 3.8) is 0 Å². The van der Waals surface area contributed by atoms with Gasteiger partial charge in [0.1, 0.15) is 17.1 Å². The summed E-state index contributed by atoms with van der Waals surface area (Å²) in [5.74, 6) is 7.37. The lowest BCUT2D eigenvalue weighted by atomic mass is 10.1. The second-order valence-electron chi connectivity index (χ2n) is 7.93. The van der Waals surface area contributed by atoms with Gasteiger partial charge < -0.3 is 9.72 Å². The first-order chi connectivity index (χ1) is 12.7. The van der Waals surface area contributed by atoms with E-state index in [2.05, 4.69) is 44.7 Å².